The summed E-state index contributed by atoms with van der Waals surface area (Å²) in [6, 6.07) is 3.94. The third-order valence-electron chi connectivity index (χ3n) is 3.27. The van der Waals surface area contributed by atoms with Crippen molar-refractivity contribution >= 4 is 22.4 Å². The van der Waals surface area contributed by atoms with Gasteiger partial charge in [0, 0.05) is 6.26 Å². The van der Waals surface area contributed by atoms with E-state index in [0.717, 1.165) is 0 Å². The summed E-state index contributed by atoms with van der Waals surface area (Å²) in [5.41, 5.74) is 8.68. The topological polar surface area (TPSA) is 64.3 Å². The molecular weight excluding hydrogens is 236 g/mol. The Morgan fingerprint density at radius 2 is 2.12 bits per heavy atom. The average Bonchev–Trinajstić information content (AvgIpc) is 2.96. The van der Waals surface area contributed by atoms with Crippen molar-refractivity contribution in [3.8, 4) is 5.75 Å². The minimum atomic E-state index is -1.14. The van der Waals surface area contributed by atoms with Crippen molar-refractivity contribution < 1.29 is 8.95 Å². The van der Waals surface area contributed by atoms with Gasteiger partial charge in [-0.15, -0.1) is 0 Å². The van der Waals surface area contributed by atoms with Gasteiger partial charge in [0.25, 0.3) is 0 Å². The van der Waals surface area contributed by atoms with Crippen molar-refractivity contribution in [2.75, 3.05) is 23.8 Å². The molecule has 1 aromatic rings. The molecule has 4 nitrogen and oxygen atoms in total. The molecule has 1 aliphatic carbocycles. The van der Waals surface area contributed by atoms with E-state index in [-0.39, 0.29) is 5.41 Å². The van der Waals surface area contributed by atoms with Crippen LogP contribution in [0.3, 0.4) is 0 Å². The zero-order valence-electron chi connectivity index (χ0n) is 10.4. The molecule has 1 aliphatic rings. The van der Waals surface area contributed by atoms with E-state index >= 15 is 0 Å². The van der Waals surface area contributed by atoms with E-state index < -0.39 is 11.0 Å². The van der Waals surface area contributed by atoms with Gasteiger partial charge in [-0.3, -0.25) is 0 Å². The van der Waals surface area contributed by atoms with E-state index in [1.54, 1.807) is 13.4 Å². The van der Waals surface area contributed by atoms with E-state index in [1.165, 1.54) is 18.4 Å². The van der Waals surface area contributed by atoms with Crippen LogP contribution in [0.1, 0.15) is 25.3 Å². The van der Waals surface area contributed by atoms with Crippen molar-refractivity contribution in [2.24, 2.45) is 0 Å². The van der Waals surface area contributed by atoms with Crippen LogP contribution in [0.2, 0.25) is 0 Å². The number of hydrogen-bond acceptors (Lipinski definition) is 3. The highest BCUT2D eigenvalue weighted by atomic mass is 32.2. The summed E-state index contributed by atoms with van der Waals surface area (Å²) < 4.78 is 19.4. The van der Waals surface area contributed by atoms with E-state index in [1.807, 2.05) is 12.1 Å². The molecule has 0 radical (unpaired) electrons. The number of nitrogens with two attached hydrogens (primary N) is 1. The van der Waals surface area contributed by atoms with Crippen molar-refractivity contribution in [2.45, 2.75) is 25.2 Å². The number of rotatable bonds is 4. The predicted molar refractivity (Wildman–Crippen MR) is 71.7 cm³/mol. The number of nitrogens with one attached hydrogen (secondary N) is 1. The molecule has 1 saturated carbocycles. The number of ether oxygens (including phenoxy) is 1. The lowest BCUT2D eigenvalue weighted by molar-refractivity contribution is 0.419. The average molecular weight is 254 g/mol. The van der Waals surface area contributed by atoms with Crippen molar-refractivity contribution in [3.63, 3.8) is 0 Å². The van der Waals surface area contributed by atoms with E-state index in [9.17, 15) is 4.21 Å². The molecular formula is C12H18N2O2S. The Kier molecular flexibility index (Phi) is 3.03. The fourth-order valence-electron chi connectivity index (χ4n) is 1.93. The summed E-state index contributed by atoms with van der Waals surface area (Å²) in [5.74, 6) is 0.563. The molecule has 94 valence electrons. The lowest BCUT2D eigenvalue weighted by atomic mass is 9.97. The van der Waals surface area contributed by atoms with Crippen molar-refractivity contribution in [1.82, 2.24) is 0 Å². The third kappa shape index (κ3) is 2.39. The molecule has 0 aliphatic heterocycles. The normalized spacial score (nSPS) is 18.5. The van der Waals surface area contributed by atoms with Crippen LogP contribution in [-0.2, 0) is 16.4 Å². The summed E-state index contributed by atoms with van der Waals surface area (Å²) >= 11 is 0. The smallest absolute Gasteiger partial charge is 0.165 e. The molecule has 1 fully saturated rings. The summed E-state index contributed by atoms with van der Waals surface area (Å²) in [6.45, 7) is 2.21. The molecule has 0 saturated heterocycles. The summed E-state index contributed by atoms with van der Waals surface area (Å²) in [6.07, 6.45) is 3.93. The van der Waals surface area contributed by atoms with Gasteiger partial charge in [-0.2, -0.15) is 0 Å². The SMILES string of the molecule is COc1c(N)cc(C2(C)CC2)cc1NS(C)=O. The number of hydrogen-bond donors (Lipinski definition) is 2. The number of methoxy groups -OCH3 is 1. The number of anilines is 2. The van der Waals surface area contributed by atoms with Crippen LogP contribution in [-0.4, -0.2) is 17.6 Å². The Morgan fingerprint density at radius 3 is 2.59 bits per heavy atom. The van der Waals surface area contributed by atoms with Crippen molar-refractivity contribution in [1.29, 1.82) is 0 Å². The molecule has 2 rings (SSSR count). The maximum Gasteiger partial charge on any atom is 0.165 e. The fourth-order valence-corrected chi connectivity index (χ4v) is 2.40. The molecule has 1 aromatic carbocycles. The van der Waals surface area contributed by atoms with Gasteiger partial charge in [-0.1, -0.05) is 6.92 Å². The van der Waals surface area contributed by atoms with E-state index in [0.29, 0.717) is 17.1 Å². The standard InChI is InChI=1S/C12H18N2O2S/c1-12(4-5-12)8-6-9(13)11(16-2)10(7-8)14-17(3)15/h6-7,14H,4-5,13H2,1-3H3. The van der Waals surface area contributed by atoms with Gasteiger partial charge < -0.3 is 15.2 Å². The molecule has 17 heavy (non-hydrogen) atoms. The second-order valence-electron chi connectivity index (χ2n) is 4.76. The lowest BCUT2D eigenvalue weighted by Crippen LogP contribution is -2.08. The Labute approximate surface area is 104 Å². The number of benzene rings is 1. The maximum absolute atomic E-state index is 11.3. The van der Waals surface area contributed by atoms with Crippen LogP contribution in [0.5, 0.6) is 5.75 Å². The van der Waals surface area contributed by atoms with E-state index in [4.69, 9.17) is 10.5 Å². The highest BCUT2D eigenvalue weighted by Crippen LogP contribution is 2.50. The summed E-state index contributed by atoms with van der Waals surface area (Å²) in [5, 5.41) is 0. The zero-order valence-corrected chi connectivity index (χ0v) is 11.2. The van der Waals surface area contributed by atoms with Crippen LogP contribution < -0.4 is 15.2 Å². The molecule has 0 aromatic heterocycles. The van der Waals surface area contributed by atoms with Gasteiger partial charge in [-0.25, -0.2) is 4.21 Å². The quantitative estimate of drug-likeness (QED) is 0.808. The second-order valence-corrected chi connectivity index (χ2v) is 5.88. The first-order valence-corrected chi connectivity index (χ1v) is 7.10. The van der Waals surface area contributed by atoms with Crippen molar-refractivity contribution in [3.05, 3.63) is 17.7 Å². The van der Waals surface area contributed by atoms with Gasteiger partial charge in [0.1, 0.15) is 11.0 Å². The fraction of sp³-hybridized carbons (Fsp3) is 0.500. The summed E-state index contributed by atoms with van der Waals surface area (Å²) in [4.78, 5) is 0. The maximum atomic E-state index is 11.3. The largest absolute Gasteiger partial charge is 0.492 e. The Balaban J connectivity index is 2.46. The molecule has 0 spiro atoms. The van der Waals surface area contributed by atoms with Crippen LogP contribution in [0, 0.1) is 0 Å². The lowest BCUT2D eigenvalue weighted by Gasteiger charge is -2.16. The van der Waals surface area contributed by atoms with Crippen LogP contribution >= 0.6 is 0 Å². The van der Waals surface area contributed by atoms with E-state index in [2.05, 4.69) is 11.6 Å². The minimum absolute atomic E-state index is 0.228. The van der Waals surface area contributed by atoms with Gasteiger partial charge in [0.15, 0.2) is 5.75 Å². The Hall–Kier alpha value is -1.23. The van der Waals surface area contributed by atoms with Gasteiger partial charge in [0.05, 0.1) is 18.5 Å². The summed E-state index contributed by atoms with van der Waals surface area (Å²) in [7, 11) is 0.427. The monoisotopic (exact) mass is 254 g/mol. The molecule has 1 unspecified atom stereocenters. The Bertz CT molecular complexity index is 470. The zero-order chi connectivity index (χ0) is 12.6. The molecule has 0 bridgehead atoms. The van der Waals surface area contributed by atoms with Gasteiger partial charge in [-0.05, 0) is 36.0 Å². The first-order valence-electron chi connectivity index (χ1n) is 5.54. The van der Waals surface area contributed by atoms with Crippen LogP contribution in [0.4, 0.5) is 11.4 Å². The molecule has 0 amide bonds. The first-order chi connectivity index (χ1) is 7.96. The van der Waals surface area contributed by atoms with Gasteiger partial charge >= 0.3 is 0 Å². The molecule has 0 heterocycles. The second kappa shape index (κ2) is 4.22. The third-order valence-corrected chi connectivity index (χ3v) is 3.78. The highest BCUT2D eigenvalue weighted by Gasteiger charge is 2.39. The Morgan fingerprint density at radius 1 is 1.47 bits per heavy atom. The predicted octanol–water partition coefficient (Wildman–Crippen LogP) is 2.03. The van der Waals surface area contributed by atoms with Crippen LogP contribution in [0.15, 0.2) is 12.1 Å². The number of nitrogen functional groups attached to an aromatic ring is 1. The molecule has 1 atom stereocenters. The highest BCUT2D eigenvalue weighted by molar-refractivity contribution is 7.85. The minimum Gasteiger partial charge on any atom is -0.492 e. The molecule has 5 heteroatoms. The first kappa shape index (κ1) is 12.2. The van der Waals surface area contributed by atoms with Crippen LogP contribution in [0.25, 0.3) is 0 Å². The molecule has 3 N–H and O–H groups in total. The van der Waals surface area contributed by atoms with Gasteiger partial charge in [0.2, 0.25) is 0 Å².